The van der Waals surface area contributed by atoms with Crippen molar-refractivity contribution in [2.45, 2.75) is 6.54 Å². The molecule has 0 aliphatic heterocycles. The largest absolute Gasteiger partial charge is 0.379 e. The minimum Gasteiger partial charge on any atom is -0.379 e. The Bertz CT molecular complexity index is 740. The van der Waals surface area contributed by atoms with Gasteiger partial charge < -0.3 is 5.32 Å². The lowest BCUT2D eigenvalue weighted by molar-refractivity contribution is 0.628. The highest BCUT2D eigenvalue weighted by Crippen LogP contribution is 2.24. The molecular formula is C16H12ClFN2S. The van der Waals surface area contributed by atoms with Crippen LogP contribution >= 0.6 is 22.9 Å². The molecule has 1 N–H and O–H groups in total. The predicted octanol–water partition coefficient (Wildman–Crippen LogP) is 5.21. The fourth-order valence-corrected chi connectivity index (χ4v) is 2.92. The van der Waals surface area contributed by atoms with Gasteiger partial charge in [-0.05, 0) is 42.5 Å². The minimum absolute atomic E-state index is 0.238. The lowest BCUT2D eigenvalue weighted by Crippen LogP contribution is -1.99. The van der Waals surface area contributed by atoms with Crippen LogP contribution in [0.4, 0.5) is 10.1 Å². The van der Waals surface area contributed by atoms with Crippen molar-refractivity contribution in [1.29, 1.82) is 0 Å². The zero-order valence-electron chi connectivity index (χ0n) is 11.0. The molecule has 0 saturated heterocycles. The molecule has 2 nitrogen and oxygen atoms in total. The van der Waals surface area contributed by atoms with Gasteiger partial charge in [-0.25, -0.2) is 9.37 Å². The summed E-state index contributed by atoms with van der Waals surface area (Å²) in [4.78, 5) is 4.55. The molecule has 21 heavy (non-hydrogen) atoms. The van der Waals surface area contributed by atoms with Crippen LogP contribution in [0.3, 0.4) is 0 Å². The number of nitrogens with one attached hydrogen (secondary N) is 1. The SMILES string of the molecule is Fc1ccc(-c2nc(CNc3cccc(Cl)c3)cs2)cc1. The normalized spacial score (nSPS) is 10.6. The number of halogens is 2. The van der Waals surface area contributed by atoms with E-state index in [2.05, 4.69) is 10.3 Å². The van der Waals surface area contributed by atoms with Gasteiger partial charge in [-0.2, -0.15) is 0 Å². The number of hydrogen-bond donors (Lipinski definition) is 1. The molecular weight excluding hydrogens is 307 g/mol. The lowest BCUT2D eigenvalue weighted by atomic mass is 10.2. The predicted molar refractivity (Wildman–Crippen MR) is 86.3 cm³/mol. The third-order valence-electron chi connectivity index (χ3n) is 2.94. The first-order valence-corrected chi connectivity index (χ1v) is 7.66. The van der Waals surface area contributed by atoms with Crippen molar-refractivity contribution in [1.82, 2.24) is 4.98 Å². The van der Waals surface area contributed by atoms with E-state index in [0.717, 1.165) is 22.0 Å². The molecule has 1 heterocycles. The third kappa shape index (κ3) is 3.60. The van der Waals surface area contributed by atoms with E-state index in [1.165, 1.54) is 12.1 Å². The van der Waals surface area contributed by atoms with E-state index in [4.69, 9.17) is 11.6 Å². The van der Waals surface area contributed by atoms with Crippen LogP contribution in [0.25, 0.3) is 10.6 Å². The fraction of sp³-hybridized carbons (Fsp3) is 0.0625. The molecule has 2 aromatic carbocycles. The fourth-order valence-electron chi connectivity index (χ4n) is 1.90. The monoisotopic (exact) mass is 318 g/mol. The molecule has 0 saturated carbocycles. The average Bonchev–Trinajstić information content (AvgIpc) is 2.95. The summed E-state index contributed by atoms with van der Waals surface area (Å²) < 4.78 is 12.9. The molecule has 0 spiro atoms. The van der Waals surface area contributed by atoms with Crippen molar-refractivity contribution in [3.63, 3.8) is 0 Å². The van der Waals surface area contributed by atoms with Crippen molar-refractivity contribution < 1.29 is 4.39 Å². The van der Waals surface area contributed by atoms with Gasteiger partial charge in [0.05, 0.1) is 12.2 Å². The minimum atomic E-state index is -0.238. The molecule has 106 valence electrons. The number of rotatable bonds is 4. The Labute approximate surface area is 131 Å². The van der Waals surface area contributed by atoms with Crippen LogP contribution in [-0.2, 0) is 6.54 Å². The van der Waals surface area contributed by atoms with Crippen molar-refractivity contribution in [3.8, 4) is 10.6 Å². The number of aromatic nitrogens is 1. The first kappa shape index (κ1) is 14.0. The Hall–Kier alpha value is -1.91. The van der Waals surface area contributed by atoms with Crippen molar-refractivity contribution >= 4 is 28.6 Å². The summed E-state index contributed by atoms with van der Waals surface area (Å²) >= 11 is 7.49. The third-order valence-corrected chi connectivity index (χ3v) is 4.12. The molecule has 0 radical (unpaired) electrons. The van der Waals surface area contributed by atoms with Gasteiger partial charge >= 0.3 is 0 Å². The van der Waals surface area contributed by atoms with Crippen molar-refractivity contribution in [2.24, 2.45) is 0 Å². The van der Waals surface area contributed by atoms with Crippen LogP contribution < -0.4 is 5.32 Å². The van der Waals surface area contributed by atoms with Crippen LogP contribution in [0.15, 0.2) is 53.9 Å². The van der Waals surface area contributed by atoms with Gasteiger partial charge in [-0.1, -0.05) is 17.7 Å². The molecule has 0 amide bonds. The van der Waals surface area contributed by atoms with Gasteiger partial charge in [0.2, 0.25) is 0 Å². The maximum absolute atomic E-state index is 12.9. The van der Waals surface area contributed by atoms with Gasteiger partial charge in [-0.15, -0.1) is 11.3 Å². The Balaban J connectivity index is 1.69. The standard InChI is InChI=1S/C16H12ClFN2S/c17-12-2-1-3-14(8-12)19-9-15-10-21-16(20-15)11-4-6-13(18)7-5-11/h1-8,10,19H,9H2. The van der Waals surface area contributed by atoms with Crippen LogP contribution in [0, 0.1) is 5.82 Å². The number of nitrogens with zero attached hydrogens (tertiary/aromatic N) is 1. The summed E-state index contributed by atoms with van der Waals surface area (Å²) in [6.45, 7) is 0.623. The van der Waals surface area contributed by atoms with Crippen LogP contribution in [0.2, 0.25) is 5.02 Å². The molecule has 3 aromatic rings. The van der Waals surface area contributed by atoms with E-state index in [1.807, 2.05) is 29.6 Å². The first-order valence-electron chi connectivity index (χ1n) is 6.40. The lowest BCUT2D eigenvalue weighted by Gasteiger charge is -2.04. The quantitative estimate of drug-likeness (QED) is 0.714. The van der Waals surface area contributed by atoms with Crippen molar-refractivity contribution in [3.05, 3.63) is 70.4 Å². The number of anilines is 1. The highest BCUT2D eigenvalue weighted by Gasteiger charge is 2.05. The maximum Gasteiger partial charge on any atom is 0.123 e. The van der Waals surface area contributed by atoms with Gasteiger partial charge in [0.1, 0.15) is 10.8 Å². The Morgan fingerprint density at radius 1 is 1.14 bits per heavy atom. The zero-order chi connectivity index (χ0) is 14.7. The van der Waals surface area contributed by atoms with Gasteiger partial charge in [0.25, 0.3) is 0 Å². The molecule has 0 fully saturated rings. The van der Waals surface area contributed by atoms with Crippen LogP contribution in [-0.4, -0.2) is 4.98 Å². The Kier molecular flexibility index (Phi) is 4.18. The summed E-state index contributed by atoms with van der Waals surface area (Å²) in [5.74, 6) is -0.238. The van der Waals surface area contributed by atoms with Crippen LogP contribution in [0.5, 0.6) is 0 Å². The second-order valence-corrected chi connectivity index (χ2v) is 5.81. The van der Waals surface area contributed by atoms with E-state index < -0.39 is 0 Å². The van der Waals surface area contributed by atoms with E-state index in [0.29, 0.717) is 11.6 Å². The summed E-state index contributed by atoms with van der Waals surface area (Å²) in [5, 5.41) is 6.86. The number of thiazole rings is 1. The number of hydrogen-bond acceptors (Lipinski definition) is 3. The smallest absolute Gasteiger partial charge is 0.123 e. The van der Waals surface area contributed by atoms with Gasteiger partial charge in [0.15, 0.2) is 0 Å². The van der Waals surface area contributed by atoms with E-state index >= 15 is 0 Å². The summed E-state index contributed by atoms with van der Waals surface area (Å²) in [6.07, 6.45) is 0. The van der Waals surface area contributed by atoms with Gasteiger partial charge in [0, 0.05) is 21.7 Å². The molecule has 0 aliphatic rings. The second kappa shape index (κ2) is 6.24. The summed E-state index contributed by atoms with van der Waals surface area (Å²) in [7, 11) is 0. The summed E-state index contributed by atoms with van der Waals surface area (Å²) in [6, 6.07) is 13.9. The van der Waals surface area contributed by atoms with E-state index in [1.54, 1.807) is 23.5 Å². The van der Waals surface area contributed by atoms with Crippen LogP contribution in [0.1, 0.15) is 5.69 Å². The Morgan fingerprint density at radius 2 is 1.95 bits per heavy atom. The van der Waals surface area contributed by atoms with E-state index in [-0.39, 0.29) is 5.82 Å². The molecule has 1 aromatic heterocycles. The molecule has 0 atom stereocenters. The van der Waals surface area contributed by atoms with Crippen molar-refractivity contribution in [2.75, 3.05) is 5.32 Å². The molecule has 0 aliphatic carbocycles. The Morgan fingerprint density at radius 3 is 2.71 bits per heavy atom. The highest BCUT2D eigenvalue weighted by molar-refractivity contribution is 7.13. The highest BCUT2D eigenvalue weighted by atomic mass is 35.5. The topological polar surface area (TPSA) is 24.9 Å². The first-order chi connectivity index (χ1) is 10.2. The molecule has 0 unspecified atom stereocenters. The average molecular weight is 319 g/mol. The van der Waals surface area contributed by atoms with Gasteiger partial charge in [-0.3, -0.25) is 0 Å². The number of benzene rings is 2. The summed E-state index contributed by atoms with van der Waals surface area (Å²) in [5.41, 5.74) is 2.83. The zero-order valence-corrected chi connectivity index (χ0v) is 12.6. The van der Waals surface area contributed by atoms with E-state index in [9.17, 15) is 4.39 Å². The molecule has 0 bridgehead atoms. The molecule has 5 heteroatoms. The maximum atomic E-state index is 12.9. The second-order valence-electron chi connectivity index (χ2n) is 4.51. The molecule has 3 rings (SSSR count).